The highest BCUT2D eigenvalue weighted by atomic mass is 32.2. The molecule has 4 heterocycles. The van der Waals surface area contributed by atoms with E-state index in [4.69, 9.17) is 10.1 Å². The van der Waals surface area contributed by atoms with Gasteiger partial charge in [-0.05, 0) is 55.8 Å². The molecular weight excluding hydrogens is 510 g/mol. The molecule has 196 valence electrons. The van der Waals surface area contributed by atoms with Crippen LogP contribution in [0.4, 0.5) is 5.69 Å². The number of amides is 2. The SMILES string of the molecule is Cc1ccc([N+](=O)[O-])cc1-n1c(C)cc(C=C2C(=N)N3N=C(CC(=O)N4CCOCC4)SC3=NC2=O)c1C. The summed E-state index contributed by atoms with van der Waals surface area (Å²) < 4.78 is 7.18. The highest BCUT2D eigenvalue weighted by Crippen LogP contribution is 2.32. The summed E-state index contributed by atoms with van der Waals surface area (Å²) in [5.41, 5.74) is 3.82. The summed E-state index contributed by atoms with van der Waals surface area (Å²) in [5.74, 6) is -0.781. The summed E-state index contributed by atoms with van der Waals surface area (Å²) in [5, 5.41) is 26.4. The van der Waals surface area contributed by atoms with Gasteiger partial charge in [-0.1, -0.05) is 6.07 Å². The van der Waals surface area contributed by atoms with Gasteiger partial charge in [-0.15, -0.1) is 0 Å². The molecule has 1 aromatic carbocycles. The minimum absolute atomic E-state index is 0.0172. The number of benzene rings is 1. The van der Waals surface area contributed by atoms with Crippen molar-refractivity contribution in [3.05, 3.63) is 62.5 Å². The van der Waals surface area contributed by atoms with Crippen LogP contribution in [0.15, 0.2) is 39.9 Å². The molecule has 13 heteroatoms. The van der Waals surface area contributed by atoms with E-state index < -0.39 is 10.8 Å². The zero-order valence-electron chi connectivity index (χ0n) is 21.1. The second kappa shape index (κ2) is 9.99. The van der Waals surface area contributed by atoms with Gasteiger partial charge in [0.2, 0.25) is 11.1 Å². The number of nitrogens with zero attached hydrogens (tertiary/aromatic N) is 6. The Morgan fingerprint density at radius 3 is 2.68 bits per heavy atom. The van der Waals surface area contributed by atoms with Crippen molar-refractivity contribution in [2.45, 2.75) is 27.2 Å². The molecule has 1 N–H and O–H groups in total. The number of amidine groups is 2. The lowest BCUT2D eigenvalue weighted by Gasteiger charge is -2.26. The molecule has 0 unspecified atom stereocenters. The number of thioether (sulfide) groups is 1. The van der Waals surface area contributed by atoms with Gasteiger partial charge < -0.3 is 14.2 Å². The summed E-state index contributed by atoms with van der Waals surface area (Å²) in [6, 6.07) is 6.54. The second-order valence-corrected chi connectivity index (χ2v) is 10.1. The molecule has 2 aromatic rings. The summed E-state index contributed by atoms with van der Waals surface area (Å²) in [4.78, 5) is 42.3. The van der Waals surface area contributed by atoms with Crippen LogP contribution in [0.1, 0.15) is 28.9 Å². The van der Waals surface area contributed by atoms with Crippen molar-refractivity contribution in [3.63, 3.8) is 0 Å². The lowest BCUT2D eigenvalue weighted by Crippen LogP contribution is -2.41. The summed E-state index contributed by atoms with van der Waals surface area (Å²) >= 11 is 1.11. The minimum Gasteiger partial charge on any atom is -0.378 e. The third-order valence-corrected chi connectivity index (χ3v) is 7.49. The van der Waals surface area contributed by atoms with E-state index in [1.165, 1.54) is 17.1 Å². The number of non-ortho nitro benzene ring substituents is 1. The number of morpholine rings is 1. The number of aryl methyl sites for hydroxylation is 2. The Bertz CT molecular complexity index is 1480. The molecule has 1 fully saturated rings. The second-order valence-electron chi connectivity index (χ2n) is 9.07. The Morgan fingerprint density at radius 1 is 1.24 bits per heavy atom. The monoisotopic (exact) mass is 535 g/mol. The zero-order valence-corrected chi connectivity index (χ0v) is 21.9. The van der Waals surface area contributed by atoms with E-state index in [0.717, 1.165) is 28.7 Å². The van der Waals surface area contributed by atoms with Crippen LogP contribution in [0.3, 0.4) is 0 Å². The van der Waals surface area contributed by atoms with Crippen molar-refractivity contribution in [2.24, 2.45) is 10.1 Å². The molecule has 3 aliphatic heterocycles. The molecule has 38 heavy (non-hydrogen) atoms. The molecule has 3 aliphatic rings. The molecule has 0 aliphatic carbocycles. The van der Waals surface area contributed by atoms with E-state index in [-0.39, 0.29) is 34.6 Å². The number of rotatable bonds is 5. The van der Waals surface area contributed by atoms with Gasteiger partial charge in [0.15, 0.2) is 5.84 Å². The fraction of sp³-hybridized carbons (Fsp3) is 0.320. The van der Waals surface area contributed by atoms with Crippen molar-refractivity contribution >= 4 is 51.4 Å². The molecule has 0 saturated carbocycles. The average molecular weight is 536 g/mol. The Labute approximate surface area is 222 Å². The number of aliphatic imine (C=N–C) groups is 1. The third-order valence-electron chi connectivity index (χ3n) is 6.58. The molecule has 0 bridgehead atoms. The lowest BCUT2D eigenvalue weighted by molar-refractivity contribution is -0.384. The van der Waals surface area contributed by atoms with Crippen molar-refractivity contribution in [3.8, 4) is 5.69 Å². The first kappa shape index (κ1) is 25.5. The van der Waals surface area contributed by atoms with Crippen LogP contribution in [0.5, 0.6) is 0 Å². The first-order chi connectivity index (χ1) is 18.1. The number of hydrogen-bond acceptors (Lipinski definition) is 8. The Kier molecular flexibility index (Phi) is 6.71. The molecule has 12 nitrogen and oxygen atoms in total. The lowest BCUT2D eigenvalue weighted by atomic mass is 10.1. The summed E-state index contributed by atoms with van der Waals surface area (Å²) in [6.07, 6.45) is 1.65. The first-order valence-electron chi connectivity index (χ1n) is 11.9. The number of nitrogens with one attached hydrogen (secondary N) is 1. The normalized spacial score (nSPS) is 18.6. The maximum atomic E-state index is 12.9. The van der Waals surface area contributed by atoms with E-state index in [9.17, 15) is 19.7 Å². The quantitative estimate of drug-likeness (QED) is 0.351. The largest absolute Gasteiger partial charge is 0.378 e. The molecule has 0 atom stereocenters. The number of hydrazone groups is 1. The van der Waals surface area contributed by atoms with Crippen LogP contribution in [0.25, 0.3) is 11.8 Å². The minimum atomic E-state index is -0.568. The first-order valence-corrected chi connectivity index (χ1v) is 12.7. The molecule has 1 saturated heterocycles. The standard InChI is InChI=1S/C25H25N7O5S/c1-14-4-5-18(32(35)36)12-20(14)30-15(2)10-17(16(30)3)11-19-23(26)31-25(27-24(19)34)38-21(28-31)13-22(33)29-6-8-37-9-7-29/h4-5,10-12,26H,6-9,13H2,1-3H3. The smallest absolute Gasteiger partial charge is 0.283 e. The van der Waals surface area contributed by atoms with Gasteiger partial charge in [0.25, 0.3) is 11.6 Å². The number of nitro groups is 1. The third kappa shape index (κ3) is 4.65. The highest BCUT2D eigenvalue weighted by molar-refractivity contribution is 8.27. The maximum absolute atomic E-state index is 12.9. The fourth-order valence-corrected chi connectivity index (χ4v) is 5.45. The van der Waals surface area contributed by atoms with Crippen LogP contribution in [-0.4, -0.2) is 73.6 Å². The maximum Gasteiger partial charge on any atom is 0.283 e. The van der Waals surface area contributed by atoms with Gasteiger partial charge in [0.1, 0.15) is 5.04 Å². The van der Waals surface area contributed by atoms with Gasteiger partial charge >= 0.3 is 0 Å². The molecular formula is C25H25N7O5S. The topological polar surface area (TPSA) is 146 Å². The number of aromatic nitrogens is 1. The van der Waals surface area contributed by atoms with Gasteiger partial charge in [0, 0.05) is 36.6 Å². The Morgan fingerprint density at radius 2 is 1.97 bits per heavy atom. The van der Waals surface area contributed by atoms with Crippen LogP contribution < -0.4 is 0 Å². The van der Waals surface area contributed by atoms with Gasteiger partial charge in [-0.3, -0.25) is 25.1 Å². The molecule has 0 spiro atoms. The van der Waals surface area contributed by atoms with Crippen LogP contribution in [-0.2, 0) is 14.3 Å². The van der Waals surface area contributed by atoms with Crippen molar-refractivity contribution in [2.75, 3.05) is 26.3 Å². The highest BCUT2D eigenvalue weighted by Gasteiger charge is 2.36. The summed E-state index contributed by atoms with van der Waals surface area (Å²) in [7, 11) is 0. The van der Waals surface area contributed by atoms with Crippen LogP contribution >= 0.6 is 11.8 Å². The van der Waals surface area contributed by atoms with Gasteiger partial charge in [-0.2, -0.15) is 15.1 Å². The predicted octanol–water partition coefficient (Wildman–Crippen LogP) is 3.18. The number of carbonyl (C=O) groups excluding carboxylic acids is 2. The van der Waals surface area contributed by atoms with E-state index in [1.54, 1.807) is 17.0 Å². The molecule has 5 rings (SSSR count). The Hall–Kier alpha value is -4.10. The predicted molar refractivity (Wildman–Crippen MR) is 144 cm³/mol. The number of ether oxygens (including phenoxy) is 1. The van der Waals surface area contributed by atoms with E-state index in [2.05, 4.69) is 10.1 Å². The molecule has 1 aromatic heterocycles. The van der Waals surface area contributed by atoms with Crippen molar-refractivity contribution in [1.29, 1.82) is 5.41 Å². The van der Waals surface area contributed by atoms with Crippen LogP contribution in [0.2, 0.25) is 0 Å². The van der Waals surface area contributed by atoms with E-state index >= 15 is 0 Å². The number of carbonyl (C=O) groups is 2. The van der Waals surface area contributed by atoms with Crippen LogP contribution in [0, 0.1) is 36.3 Å². The summed E-state index contributed by atoms with van der Waals surface area (Å²) in [6.45, 7) is 7.64. The molecule has 2 amide bonds. The fourth-order valence-electron chi connectivity index (χ4n) is 4.57. The van der Waals surface area contributed by atoms with Gasteiger partial charge in [-0.25, -0.2) is 0 Å². The van der Waals surface area contributed by atoms with E-state index in [1.807, 2.05) is 31.4 Å². The molecule has 0 radical (unpaired) electrons. The van der Waals surface area contributed by atoms with Crippen molar-refractivity contribution in [1.82, 2.24) is 14.5 Å². The van der Waals surface area contributed by atoms with E-state index in [0.29, 0.717) is 42.6 Å². The number of hydrogen-bond donors (Lipinski definition) is 1. The average Bonchev–Trinajstić information content (AvgIpc) is 3.41. The van der Waals surface area contributed by atoms with Gasteiger partial charge in [0.05, 0.1) is 35.8 Å². The number of nitro benzene ring substituents is 1. The number of fused-ring (bicyclic) bond motifs is 1. The van der Waals surface area contributed by atoms with Crippen molar-refractivity contribution < 1.29 is 19.2 Å². The Balaban J connectivity index is 1.42. The zero-order chi connectivity index (χ0) is 27.1.